The summed E-state index contributed by atoms with van der Waals surface area (Å²) in [5.74, 6) is -0.366. The molecular weight excluding hydrogens is 367 g/mol. The van der Waals surface area contributed by atoms with Gasteiger partial charge in [-0.05, 0) is 40.6 Å². The van der Waals surface area contributed by atoms with E-state index in [4.69, 9.17) is 10.5 Å². The first-order valence-corrected chi connectivity index (χ1v) is 6.32. The molecule has 0 amide bonds. The number of nitrogens with two attached hydrogens (primary N) is 1. The molecule has 0 aliphatic carbocycles. The van der Waals surface area contributed by atoms with Crippen LogP contribution in [0, 0.1) is 13.7 Å². The van der Waals surface area contributed by atoms with Gasteiger partial charge in [-0.25, -0.2) is 0 Å². The van der Waals surface area contributed by atoms with Gasteiger partial charge < -0.3 is 15.2 Å². The first-order valence-electron chi connectivity index (χ1n) is 5.25. The molecule has 19 heavy (non-hydrogen) atoms. The Morgan fingerprint density at radius 1 is 1.53 bits per heavy atom. The van der Waals surface area contributed by atoms with Gasteiger partial charge in [0.15, 0.2) is 0 Å². The second-order valence-corrected chi connectivity index (χ2v) is 4.88. The molecule has 0 aliphatic heterocycles. The smallest absolute Gasteiger partial charge is 0.322 e. The Morgan fingerprint density at radius 2 is 2.16 bits per heavy atom. The first kappa shape index (κ1) is 15.6. The summed E-state index contributed by atoms with van der Waals surface area (Å²) in [4.78, 5) is 21.7. The van der Waals surface area contributed by atoms with E-state index in [9.17, 15) is 14.9 Å². The van der Waals surface area contributed by atoms with Crippen LogP contribution < -0.4 is 10.5 Å². The third kappa shape index (κ3) is 3.77. The Kier molecular flexibility index (Phi) is 5.48. The lowest BCUT2D eigenvalue weighted by molar-refractivity contribution is -0.385. The molecule has 1 aromatic carbocycles. The van der Waals surface area contributed by atoms with Gasteiger partial charge in [-0.3, -0.25) is 14.9 Å². The molecule has 0 unspecified atom stereocenters. The number of nitro benzene ring substituents is 1. The fraction of sp³-hybridized carbons (Fsp3) is 0.364. The molecule has 0 heterocycles. The normalized spacial score (nSPS) is 11.8. The first-order chi connectivity index (χ1) is 8.90. The van der Waals surface area contributed by atoms with Crippen molar-refractivity contribution in [1.29, 1.82) is 0 Å². The Morgan fingerprint density at radius 3 is 2.63 bits per heavy atom. The number of carbonyl (C=O) groups excluding carboxylic acids is 1. The summed E-state index contributed by atoms with van der Waals surface area (Å²) in [5, 5.41) is 11.0. The highest BCUT2D eigenvalue weighted by atomic mass is 127. The molecule has 8 heteroatoms. The van der Waals surface area contributed by atoms with Crippen LogP contribution in [-0.4, -0.2) is 31.2 Å². The lowest BCUT2D eigenvalue weighted by atomic mass is 10.1. The van der Waals surface area contributed by atoms with Gasteiger partial charge in [-0.1, -0.05) is 0 Å². The van der Waals surface area contributed by atoms with E-state index in [0.717, 1.165) is 0 Å². The number of rotatable bonds is 5. The fourth-order valence-corrected chi connectivity index (χ4v) is 2.47. The molecule has 0 fully saturated rings. The number of nitro groups is 1. The zero-order chi connectivity index (χ0) is 14.6. The average Bonchev–Trinajstić information content (AvgIpc) is 2.36. The van der Waals surface area contributed by atoms with E-state index >= 15 is 0 Å². The van der Waals surface area contributed by atoms with Crippen LogP contribution in [0.1, 0.15) is 5.56 Å². The van der Waals surface area contributed by atoms with Crippen molar-refractivity contribution < 1.29 is 19.2 Å². The Labute approximate surface area is 123 Å². The van der Waals surface area contributed by atoms with Crippen LogP contribution >= 0.6 is 22.6 Å². The van der Waals surface area contributed by atoms with Crippen LogP contribution in [0.4, 0.5) is 5.69 Å². The SMILES string of the molecule is COC(=O)[C@@H](N)Cc1cc(I)c(OC)c([N+](=O)[O-])c1. The predicted molar refractivity (Wildman–Crippen MR) is 76.1 cm³/mol. The summed E-state index contributed by atoms with van der Waals surface area (Å²) in [6.45, 7) is 0. The van der Waals surface area contributed by atoms with Crippen LogP contribution in [0.3, 0.4) is 0 Å². The summed E-state index contributed by atoms with van der Waals surface area (Å²) in [7, 11) is 2.60. The maximum atomic E-state index is 11.2. The highest BCUT2D eigenvalue weighted by molar-refractivity contribution is 14.1. The van der Waals surface area contributed by atoms with Gasteiger partial charge in [0.1, 0.15) is 6.04 Å². The monoisotopic (exact) mass is 380 g/mol. The number of methoxy groups -OCH3 is 2. The molecule has 1 rings (SSSR count). The maximum absolute atomic E-state index is 11.2. The van der Waals surface area contributed by atoms with E-state index in [1.165, 1.54) is 20.3 Å². The van der Waals surface area contributed by atoms with Crippen LogP contribution in [0.15, 0.2) is 12.1 Å². The molecule has 104 valence electrons. The number of carbonyl (C=O) groups is 1. The van der Waals surface area contributed by atoms with Crippen molar-refractivity contribution in [3.63, 3.8) is 0 Å². The minimum absolute atomic E-state index is 0.151. The van der Waals surface area contributed by atoms with Crippen molar-refractivity contribution in [2.75, 3.05) is 14.2 Å². The topological polar surface area (TPSA) is 105 Å². The third-order valence-electron chi connectivity index (χ3n) is 2.44. The van der Waals surface area contributed by atoms with Gasteiger partial charge >= 0.3 is 11.7 Å². The van der Waals surface area contributed by atoms with Crippen molar-refractivity contribution in [2.24, 2.45) is 5.73 Å². The molecular formula is C11H13IN2O5. The van der Waals surface area contributed by atoms with E-state index in [-0.39, 0.29) is 17.9 Å². The van der Waals surface area contributed by atoms with Crippen molar-refractivity contribution in [3.05, 3.63) is 31.4 Å². The molecule has 0 aliphatic rings. The molecule has 0 bridgehead atoms. The number of hydrogen-bond donors (Lipinski definition) is 1. The van der Waals surface area contributed by atoms with Crippen LogP contribution in [-0.2, 0) is 16.0 Å². The summed E-state index contributed by atoms with van der Waals surface area (Å²) < 4.78 is 10.1. The van der Waals surface area contributed by atoms with E-state index in [2.05, 4.69) is 4.74 Å². The molecule has 0 saturated heterocycles. The standard InChI is InChI=1S/C11H13IN2O5/c1-18-10-7(12)3-6(5-9(10)14(16)17)4-8(13)11(15)19-2/h3,5,8H,4,13H2,1-2H3/t8-/m0/s1. The van der Waals surface area contributed by atoms with Gasteiger partial charge in [0.05, 0.1) is 22.7 Å². The van der Waals surface area contributed by atoms with Crippen molar-refractivity contribution in [3.8, 4) is 5.75 Å². The number of halogens is 1. The Balaban J connectivity index is 3.11. The average molecular weight is 380 g/mol. The second-order valence-electron chi connectivity index (χ2n) is 3.72. The minimum Gasteiger partial charge on any atom is -0.489 e. The molecule has 1 aromatic rings. The van der Waals surface area contributed by atoms with Crippen molar-refractivity contribution >= 4 is 34.2 Å². The zero-order valence-electron chi connectivity index (χ0n) is 10.4. The number of nitrogens with zero attached hydrogens (tertiary/aromatic N) is 1. The van der Waals surface area contributed by atoms with Crippen molar-refractivity contribution in [2.45, 2.75) is 12.5 Å². The Bertz CT molecular complexity index is 506. The molecule has 7 nitrogen and oxygen atoms in total. The highest BCUT2D eigenvalue weighted by Gasteiger charge is 2.22. The van der Waals surface area contributed by atoms with Gasteiger partial charge in [0.25, 0.3) is 0 Å². The van der Waals surface area contributed by atoms with E-state index < -0.39 is 16.9 Å². The maximum Gasteiger partial charge on any atom is 0.322 e. The fourth-order valence-electron chi connectivity index (χ4n) is 1.58. The lowest BCUT2D eigenvalue weighted by Gasteiger charge is -2.11. The molecule has 0 aromatic heterocycles. The van der Waals surface area contributed by atoms with Crippen LogP contribution in [0.25, 0.3) is 0 Å². The summed E-state index contributed by atoms with van der Waals surface area (Å²) >= 11 is 1.93. The van der Waals surface area contributed by atoms with E-state index in [1.54, 1.807) is 6.07 Å². The zero-order valence-corrected chi connectivity index (χ0v) is 12.5. The lowest BCUT2D eigenvalue weighted by Crippen LogP contribution is -2.33. The molecule has 2 N–H and O–H groups in total. The summed E-state index contributed by atoms with van der Waals surface area (Å²) in [6, 6.07) is 2.19. The Hall–Kier alpha value is -1.42. The third-order valence-corrected chi connectivity index (χ3v) is 3.25. The van der Waals surface area contributed by atoms with Crippen LogP contribution in [0.2, 0.25) is 0 Å². The number of ether oxygens (including phenoxy) is 2. The number of hydrogen-bond acceptors (Lipinski definition) is 6. The largest absolute Gasteiger partial charge is 0.489 e. The number of benzene rings is 1. The highest BCUT2D eigenvalue weighted by Crippen LogP contribution is 2.33. The van der Waals surface area contributed by atoms with Gasteiger partial charge in [0, 0.05) is 6.07 Å². The van der Waals surface area contributed by atoms with Crippen LogP contribution in [0.5, 0.6) is 5.75 Å². The van der Waals surface area contributed by atoms with Gasteiger partial charge in [-0.15, -0.1) is 0 Å². The molecule has 0 radical (unpaired) electrons. The minimum atomic E-state index is -0.853. The van der Waals surface area contributed by atoms with E-state index in [0.29, 0.717) is 9.13 Å². The van der Waals surface area contributed by atoms with Crippen molar-refractivity contribution in [1.82, 2.24) is 0 Å². The molecule has 1 atom stereocenters. The molecule has 0 spiro atoms. The number of esters is 1. The quantitative estimate of drug-likeness (QED) is 0.357. The summed E-state index contributed by atoms with van der Waals surface area (Å²) in [5.41, 5.74) is 6.06. The predicted octanol–water partition coefficient (Wildman–Crippen LogP) is 1.25. The summed E-state index contributed by atoms with van der Waals surface area (Å²) in [6.07, 6.45) is 0.160. The molecule has 0 saturated carbocycles. The van der Waals surface area contributed by atoms with Gasteiger partial charge in [0.2, 0.25) is 5.75 Å². The van der Waals surface area contributed by atoms with Gasteiger partial charge in [-0.2, -0.15) is 0 Å². The van der Waals surface area contributed by atoms with E-state index in [1.807, 2.05) is 22.6 Å². The second kappa shape index (κ2) is 6.66.